The van der Waals surface area contributed by atoms with Crippen LogP contribution in [0.1, 0.15) is 5.82 Å². The van der Waals surface area contributed by atoms with Gasteiger partial charge in [-0.1, -0.05) is 0 Å². The maximum atomic E-state index is 12.1. The third-order valence-corrected chi connectivity index (χ3v) is 4.11. The lowest BCUT2D eigenvalue weighted by molar-refractivity contribution is 0.572. The molecule has 0 fully saturated rings. The zero-order valence-electron chi connectivity index (χ0n) is 11.1. The van der Waals surface area contributed by atoms with Crippen LogP contribution in [0.4, 0.5) is 5.69 Å². The number of oxazole rings is 1. The van der Waals surface area contributed by atoms with Crippen LogP contribution in [0.3, 0.4) is 0 Å². The van der Waals surface area contributed by atoms with Gasteiger partial charge >= 0.3 is 0 Å². The fraction of sp³-hybridized carbons (Fsp3) is 0.0769. The Morgan fingerprint density at radius 3 is 2.52 bits per heavy atom. The van der Waals surface area contributed by atoms with Gasteiger partial charge in [0.1, 0.15) is 5.82 Å². The van der Waals surface area contributed by atoms with E-state index in [1.807, 2.05) is 0 Å². The highest BCUT2D eigenvalue weighted by atomic mass is 32.2. The van der Waals surface area contributed by atoms with E-state index in [0.29, 0.717) is 17.3 Å². The van der Waals surface area contributed by atoms with Crippen molar-refractivity contribution in [2.75, 3.05) is 4.72 Å². The molecule has 0 saturated carbocycles. The van der Waals surface area contributed by atoms with E-state index in [2.05, 4.69) is 19.7 Å². The molecule has 0 amide bonds. The minimum absolute atomic E-state index is 0.0271. The molecule has 0 atom stereocenters. The van der Waals surface area contributed by atoms with E-state index >= 15 is 0 Å². The van der Waals surface area contributed by atoms with Crippen molar-refractivity contribution in [2.24, 2.45) is 0 Å². The molecule has 0 aliphatic rings. The van der Waals surface area contributed by atoms with Gasteiger partial charge in [-0.25, -0.2) is 9.97 Å². The first-order valence-electron chi connectivity index (χ1n) is 6.08. The summed E-state index contributed by atoms with van der Waals surface area (Å²) in [6.45, 7) is 1.69. The van der Waals surface area contributed by atoms with Crippen molar-refractivity contribution in [1.82, 2.24) is 15.0 Å². The van der Waals surface area contributed by atoms with Crippen molar-refractivity contribution in [1.29, 1.82) is 0 Å². The van der Waals surface area contributed by atoms with E-state index in [9.17, 15) is 8.42 Å². The average molecular weight is 304 g/mol. The van der Waals surface area contributed by atoms with Crippen LogP contribution in [-0.2, 0) is 10.0 Å². The molecule has 1 aromatic carbocycles. The summed E-state index contributed by atoms with van der Waals surface area (Å²) in [6.07, 6.45) is 4.21. The van der Waals surface area contributed by atoms with Crippen molar-refractivity contribution in [3.63, 3.8) is 0 Å². The molecule has 2 heterocycles. The van der Waals surface area contributed by atoms with Gasteiger partial charge in [-0.2, -0.15) is 8.42 Å². The van der Waals surface area contributed by atoms with E-state index in [-0.39, 0.29) is 5.03 Å². The Kier molecular flexibility index (Phi) is 3.22. The quantitative estimate of drug-likeness (QED) is 0.769. The molecule has 0 bridgehead atoms. The van der Waals surface area contributed by atoms with Gasteiger partial charge in [-0.05, 0) is 31.2 Å². The Balaban J connectivity index is 1.82. The summed E-state index contributed by atoms with van der Waals surface area (Å²) in [5.41, 5.74) is 1.26. The summed E-state index contributed by atoms with van der Waals surface area (Å²) in [5, 5.41) is 0.0271. The number of aromatic amines is 1. The average Bonchev–Trinajstić information content (AvgIpc) is 3.10. The van der Waals surface area contributed by atoms with Gasteiger partial charge in [-0.3, -0.25) is 4.72 Å². The summed E-state index contributed by atoms with van der Waals surface area (Å²) < 4.78 is 31.9. The minimum atomic E-state index is -3.66. The number of anilines is 1. The van der Waals surface area contributed by atoms with Crippen LogP contribution in [0.5, 0.6) is 0 Å². The van der Waals surface area contributed by atoms with Crippen molar-refractivity contribution in [2.45, 2.75) is 11.9 Å². The summed E-state index contributed by atoms with van der Waals surface area (Å²) in [4.78, 5) is 10.4. The van der Waals surface area contributed by atoms with Crippen LogP contribution in [0.25, 0.3) is 11.3 Å². The maximum Gasteiger partial charge on any atom is 0.278 e. The number of rotatable bonds is 4. The molecule has 0 aliphatic heterocycles. The molecule has 0 saturated heterocycles. The zero-order chi connectivity index (χ0) is 14.9. The number of aryl methyl sites for hydroxylation is 1. The highest BCUT2D eigenvalue weighted by Crippen LogP contribution is 2.22. The Labute approximate surface area is 121 Å². The molecule has 21 heavy (non-hydrogen) atoms. The van der Waals surface area contributed by atoms with E-state index in [1.54, 1.807) is 37.4 Å². The molecule has 2 N–H and O–H groups in total. The molecule has 7 nitrogen and oxygen atoms in total. The molecule has 0 spiro atoms. The van der Waals surface area contributed by atoms with Crippen molar-refractivity contribution < 1.29 is 12.8 Å². The molecule has 0 radical (unpaired) electrons. The smallest absolute Gasteiger partial charge is 0.278 e. The number of hydrogen-bond donors (Lipinski definition) is 2. The van der Waals surface area contributed by atoms with Gasteiger partial charge in [0.15, 0.2) is 17.2 Å². The normalized spacial score (nSPS) is 11.5. The van der Waals surface area contributed by atoms with E-state index < -0.39 is 10.0 Å². The van der Waals surface area contributed by atoms with Crippen molar-refractivity contribution in [3.8, 4) is 11.3 Å². The molecule has 0 aliphatic carbocycles. The van der Waals surface area contributed by atoms with Gasteiger partial charge in [0, 0.05) is 11.3 Å². The van der Waals surface area contributed by atoms with Crippen molar-refractivity contribution in [3.05, 3.63) is 48.9 Å². The third-order valence-electron chi connectivity index (χ3n) is 2.82. The maximum absolute atomic E-state index is 12.1. The van der Waals surface area contributed by atoms with Gasteiger partial charge in [0.2, 0.25) is 0 Å². The molecule has 0 unspecified atom stereocenters. The Hall–Kier alpha value is -2.61. The lowest BCUT2D eigenvalue weighted by Gasteiger charge is -2.06. The van der Waals surface area contributed by atoms with Crippen LogP contribution in [0, 0.1) is 6.92 Å². The first-order valence-corrected chi connectivity index (χ1v) is 7.56. The Bertz CT molecular complexity index is 836. The predicted octanol–water partition coefficient (Wildman–Crippen LogP) is 2.17. The molecular weight excluding hydrogens is 292 g/mol. The zero-order valence-corrected chi connectivity index (χ0v) is 11.9. The molecule has 8 heteroatoms. The van der Waals surface area contributed by atoms with Crippen LogP contribution < -0.4 is 4.72 Å². The van der Waals surface area contributed by atoms with Crippen LogP contribution >= 0.6 is 0 Å². The first-order chi connectivity index (χ1) is 10.0. The second-order valence-corrected chi connectivity index (χ2v) is 6.03. The lowest BCUT2D eigenvalue weighted by Crippen LogP contribution is -2.13. The molecule has 3 rings (SSSR count). The number of hydrogen-bond acceptors (Lipinski definition) is 5. The highest BCUT2D eigenvalue weighted by molar-refractivity contribution is 7.92. The summed E-state index contributed by atoms with van der Waals surface area (Å²) in [6, 6.07) is 6.80. The van der Waals surface area contributed by atoms with Gasteiger partial charge < -0.3 is 9.40 Å². The number of nitrogens with one attached hydrogen (secondary N) is 2. The first kappa shape index (κ1) is 13.4. The summed E-state index contributed by atoms with van der Waals surface area (Å²) in [5.74, 6) is 1.16. The monoisotopic (exact) mass is 304 g/mol. The van der Waals surface area contributed by atoms with Crippen LogP contribution in [0.2, 0.25) is 0 Å². The van der Waals surface area contributed by atoms with Crippen LogP contribution in [-0.4, -0.2) is 23.4 Å². The molecule has 3 aromatic rings. The van der Waals surface area contributed by atoms with Crippen molar-refractivity contribution >= 4 is 15.7 Å². The molecule has 2 aromatic heterocycles. The fourth-order valence-electron chi connectivity index (χ4n) is 1.81. The topological polar surface area (TPSA) is 101 Å². The Morgan fingerprint density at radius 2 is 1.95 bits per heavy atom. The van der Waals surface area contributed by atoms with E-state index in [1.165, 1.54) is 12.6 Å². The summed E-state index contributed by atoms with van der Waals surface area (Å²) in [7, 11) is -3.66. The van der Waals surface area contributed by atoms with E-state index in [4.69, 9.17) is 4.42 Å². The number of imidazole rings is 1. The number of nitrogens with zero attached hydrogens (tertiary/aromatic N) is 2. The SMILES string of the molecule is Cc1ncc(S(=O)(=O)Nc2ccc(-c3cnco3)cc2)[nH]1. The number of sulfonamides is 1. The van der Waals surface area contributed by atoms with E-state index in [0.717, 1.165) is 5.56 Å². The minimum Gasteiger partial charge on any atom is -0.444 e. The second kappa shape index (κ2) is 5.06. The number of benzene rings is 1. The van der Waals surface area contributed by atoms with Crippen LogP contribution in [0.15, 0.2) is 52.5 Å². The Morgan fingerprint density at radius 1 is 1.19 bits per heavy atom. The van der Waals surface area contributed by atoms with Gasteiger partial charge in [-0.15, -0.1) is 0 Å². The largest absolute Gasteiger partial charge is 0.444 e. The third kappa shape index (κ3) is 2.79. The highest BCUT2D eigenvalue weighted by Gasteiger charge is 2.16. The fourth-order valence-corrected chi connectivity index (χ4v) is 2.84. The van der Waals surface area contributed by atoms with Gasteiger partial charge in [0.05, 0.1) is 12.4 Å². The lowest BCUT2D eigenvalue weighted by atomic mass is 10.2. The second-order valence-electron chi connectivity index (χ2n) is 4.38. The molecule has 108 valence electrons. The predicted molar refractivity (Wildman–Crippen MR) is 76.1 cm³/mol. The number of aromatic nitrogens is 3. The molecular formula is C13H12N4O3S. The summed E-state index contributed by atoms with van der Waals surface area (Å²) >= 11 is 0. The number of H-pyrrole nitrogens is 1. The standard InChI is InChI=1S/C13H12N4O3S/c1-9-15-7-13(16-9)21(18,19)17-11-4-2-10(3-5-11)12-6-14-8-20-12/h2-8,17H,1H3,(H,15,16). The van der Waals surface area contributed by atoms with Gasteiger partial charge in [0.25, 0.3) is 10.0 Å².